The van der Waals surface area contributed by atoms with Crippen LogP contribution in [-0.4, -0.2) is 74.6 Å². The summed E-state index contributed by atoms with van der Waals surface area (Å²) in [5.41, 5.74) is 2.80. The monoisotopic (exact) mass is 611 g/mol. The smallest absolute Gasteiger partial charge is 0.255 e. The first-order valence-electron chi connectivity index (χ1n) is 15.2. The molecule has 0 radical (unpaired) electrons. The van der Waals surface area contributed by atoms with E-state index in [0.717, 1.165) is 11.8 Å². The van der Waals surface area contributed by atoms with Gasteiger partial charge in [-0.05, 0) is 106 Å². The van der Waals surface area contributed by atoms with Crippen LogP contribution in [0.25, 0.3) is 0 Å². The lowest BCUT2D eigenvalue weighted by molar-refractivity contribution is -0.148. The predicted octanol–water partition coefficient (Wildman–Crippen LogP) is 2.69. The minimum absolute atomic E-state index is 0.0269. The Balaban J connectivity index is 1.24. The molecule has 1 aromatic rings. The highest BCUT2D eigenvalue weighted by Gasteiger charge is 2.63. The number of carbonyl (C=O) groups excluding carboxylic acids is 3. The Morgan fingerprint density at radius 2 is 1.70 bits per heavy atom. The van der Waals surface area contributed by atoms with Gasteiger partial charge in [-0.1, -0.05) is 11.6 Å². The van der Waals surface area contributed by atoms with Crippen molar-refractivity contribution in [2.75, 3.05) is 14.1 Å². The number of carbonyl (C=O) groups is 3. The summed E-state index contributed by atoms with van der Waals surface area (Å²) in [4.78, 5) is 41.0. The minimum atomic E-state index is -2.66. The molecule has 0 unspecified atom stereocenters. The number of benzene rings is 1. The Labute approximate surface area is 254 Å². The number of amides is 1. The molecule has 1 aromatic carbocycles. The number of hydrogen-bond acceptors (Lipinski definition) is 9. The summed E-state index contributed by atoms with van der Waals surface area (Å²) < 4.78 is 0. The van der Waals surface area contributed by atoms with Gasteiger partial charge in [0.2, 0.25) is 5.78 Å². The van der Waals surface area contributed by atoms with E-state index >= 15 is 0 Å². The van der Waals surface area contributed by atoms with E-state index in [2.05, 4.69) is 5.32 Å². The Kier molecular flexibility index (Phi) is 6.56. The van der Waals surface area contributed by atoms with Crippen molar-refractivity contribution in [1.29, 1.82) is 0 Å². The van der Waals surface area contributed by atoms with Crippen molar-refractivity contribution in [2.24, 2.45) is 41.2 Å². The first kappa shape index (κ1) is 28.8. The van der Waals surface area contributed by atoms with Crippen LogP contribution in [0.5, 0.6) is 5.75 Å². The summed E-state index contributed by atoms with van der Waals surface area (Å²) in [7, 11) is 3.20. The molecule has 10 nitrogen and oxygen atoms in total. The number of aliphatic hydroxyl groups excluding tert-OH is 2. The van der Waals surface area contributed by atoms with E-state index in [1.54, 1.807) is 14.1 Å². The maximum Gasteiger partial charge on any atom is 0.255 e. The van der Waals surface area contributed by atoms with E-state index in [9.17, 15) is 34.8 Å². The van der Waals surface area contributed by atoms with Crippen molar-refractivity contribution in [3.8, 4) is 5.75 Å². The largest absolute Gasteiger partial charge is 0.510 e. The maximum absolute atomic E-state index is 13.9. The molecule has 0 heterocycles. The van der Waals surface area contributed by atoms with Gasteiger partial charge in [0.05, 0.1) is 11.6 Å². The fourth-order valence-corrected chi connectivity index (χ4v) is 10.3. The molecule has 7 N–H and O–H groups in total. The zero-order valence-corrected chi connectivity index (χ0v) is 25.0. The number of aromatic hydroxyl groups is 1. The van der Waals surface area contributed by atoms with Crippen LogP contribution in [0.3, 0.4) is 0 Å². The molecule has 7 aliphatic rings. The molecule has 1 amide bonds. The average molecular weight is 612 g/mol. The highest BCUT2D eigenvalue weighted by atomic mass is 35.5. The van der Waals surface area contributed by atoms with E-state index in [1.165, 1.54) is 43.1 Å². The topological polar surface area (TPSA) is 173 Å². The van der Waals surface area contributed by atoms with Gasteiger partial charge >= 0.3 is 0 Å². The molecule has 0 aliphatic heterocycles. The van der Waals surface area contributed by atoms with Crippen molar-refractivity contribution < 1.29 is 34.8 Å². The lowest BCUT2D eigenvalue weighted by Crippen LogP contribution is -2.63. The minimum Gasteiger partial charge on any atom is -0.510 e. The van der Waals surface area contributed by atoms with Crippen LogP contribution in [0.1, 0.15) is 60.0 Å². The lowest BCUT2D eigenvalue weighted by Gasteiger charge is -2.54. The van der Waals surface area contributed by atoms with E-state index in [1.807, 2.05) is 0 Å². The number of Topliss-reactive ketones (excluding diaryl/α,β-unsaturated/α-hetero) is 2. The Morgan fingerprint density at radius 3 is 2.28 bits per heavy atom. The van der Waals surface area contributed by atoms with Gasteiger partial charge in [-0.15, -0.1) is 0 Å². The molecule has 4 bridgehead atoms. The van der Waals surface area contributed by atoms with Crippen molar-refractivity contribution >= 4 is 29.1 Å². The molecule has 0 aromatic heterocycles. The molecule has 0 spiro atoms. The Hall–Kier alpha value is -2.92. The van der Waals surface area contributed by atoms with Crippen LogP contribution in [0.15, 0.2) is 28.7 Å². The number of nitrogens with two attached hydrogens (primary N) is 1. The van der Waals surface area contributed by atoms with Gasteiger partial charge in [-0.2, -0.15) is 0 Å². The second-order valence-corrected chi connectivity index (χ2v) is 14.4. The third kappa shape index (κ3) is 3.99. The van der Waals surface area contributed by atoms with Crippen LogP contribution >= 0.6 is 11.6 Å². The normalized spacial score (nSPS) is 38.0. The molecular formula is C32H38ClN3O7. The van der Waals surface area contributed by atoms with Crippen LogP contribution in [0.2, 0.25) is 5.02 Å². The second-order valence-electron chi connectivity index (χ2n) is 14.0. The Bertz CT molecular complexity index is 1500. The van der Waals surface area contributed by atoms with Gasteiger partial charge in [0.25, 0.3) is 5.91 Å². The van der Waals surface area contributed by atoms with Crippen LogP contribution in [-0.2, 0) is 22.6 Å². The van der Waals surface area contributed by atoms with E-state index < -0.39 is 58.0 Å². The van der Waals surface area contributed by atoms with Crippen molar-refractivity contribution in [3.63, 3.8) is 0 Å². The maximum atomic E-state index is 13.9. The molecule has 11 heteroatoms. The molecule has 43 heavy (non-hydrogen) atoms. The summed E-state index contributed by atoms with van der Waals surface area (Å²) in [5, 5.41) is 49.3. The number of rotatable bonds is 5. The van der Waals surface area contributed by atoms with Crippen LogP contribution in [0, 0.1) is 35.5 Å². The summed E-state index contributed by atoms with van der Waals surface area (Å²) in [6.45, 7) is 0.452. The second kappa shape index (κ2) is 9.79. The van der Waals surface area contributed by atoms with Crippen LogP contribution < -0.4 is 11.1 Å². The summed E-state index contributed by atoms with van der Waals surface area (Å²) in [6.07, 6.45) is 6.62. The van der Waals surface area contributed by atoms with Gasteiger partial charge < -0.3 is 31.5 Å². The third-order valence-corrected chi connectivity index (χ3v) is 12.0. The zero-order chi connectivity index (χ0) is 30.7. The third-order valence-electron chi connectivity index (χ3n) is 11.5. The number of ketones is 2. The molecule has 0 saturated heterocycles. The number of likely N-dealkylation sites (N-methyl/N-ethyl adjacent to an activating group) is 1. The number of primary amides is 1. The number of aliphatic hydroxyl groups is 3. The molecule has 230 valence electrons. The molecule has 8 rings (SSSR count). The van der Waals surface area contributed by atoms with Gasteiger partial charge in [-0.25, -0.2) is 0 Å². The molecule has 4 atom stereocenters. The molecule has 7 aliphatic carbocycles. The summed E-state index contributed by atoms with van der Waals surface area (Å²) >= 11 is 6.95. The quantitative estimate of drug-likeness (QED) is 0.274. The fraction of sp³-hybridized carbons (Fsp3) is 0.594. The predicted molar refractivity (Wildman–Crippen MR) is 156 cm³/mol. The Morgan fingerprint density at radius 1 is 1.07 bits per heavy atom. The first-order chi connectivity index (χ1) is 20.3. The van der Waals surface area contributed by atoms with Gasteiger partial charge in [0.1, 0.15) is 22.8 Å². The van der Waals surface area contributed by atoms with Gasteiger partial charge in [0.15, 0.2) is 11.4 Å². The summed E-state index contributed by atoms with van der Waals surface area (Å²) in [6, 6.07) is 0.857. The number of phenolic OH excluding ortho intramolecular Hbond substituents is 1. The molecule has 4 fully saturated rings. The standard InChI is InChI=1S/C32H38ClN3O7/c1-36(2)26-19-9-14-8-18-22(27(38)21(14)29(40)32(19,43)30(41)23(28(26)39)31(34)42)20(37)10-17(24(18)33)11-35-25-15-4-12-3-13(6-15)7-16(25)5-12/h10,12-16,19,25-26,35,37,39-40,43H,3-9,11H2,1-2H3,(H2,34,42)/t12?,13?,14-,15?,16?,19-,25?,26-,32-/m0/s1. The van der Waals surface area contributed by atoms with Gasteiger partial charge in [-0.3, -0.25) is 19.3 Å². The fourth-order valence-electron chi connectivity index (χ4n) is 9.97. The van der Waals surface area contributed by atoms with E-state index in [4.69, 9.17) is 17.3 Å². The number of nitrogens with zero attached hydrogens (tertiary/aromatic N) is 1. The van der Waals surface area contributed by atoms with Gasteiger partial charge in [0, 0.05) is 29.1 Å². The van der Waals surface area contributed by atoms with E-state index in [-0.39, 0.29) is 29.7 Å². The highest BCUT2D eigenvalue weighted by Crippen LogP contribution is 2.55. The summed E-state index contributed by atoms with van der Waals surface area (Å²) in [5.74, 6) is -3.71. The van der Waals surface area contributed by atoms with Crippen molar-refractivity contribution in [1.82, 2.24) is 10.2 Å². The number of hydrogen-bond donors (Lipinski definition) is 6. The number of phenols is 1. The lowest BCUT2D eigenvalue weighted by atomic mass is 9.54. The SMILES string of the molecule is CN(C)[C@@H]1C(O)=C(C(N)=O)C(=O)[C@@]2(O)C(O)=C3C(=O)c4c(O)cc(CNC5C6CC7CC(C6)CC5C7)c(Cl)c4C[C@H]3C[C@@H]12. The van der Waals surface area contributed by atoms with Crippen LogP contribution in [0.4, 0.5) is 0 Å². The number of halogens is 1. The van der Waals surface area contributed by atoms with E-state index in [0.29, 0.717) is 40.6 Å². The number of allylic oxidation sites excluding steroid dienone is 1. The number of fused-ring (bicyclic) bond motifs is 3. The highest BCUT2D eigenvalue weighted by molar-refractivity contribution is 6.33. The molecular weight excluding hydrogens is 574 g/mol. The zero-order valence-electron chi connectivity index (χ0n) is 24.3. The van der Waals surface area contributed by atoms with Crippen molar-refractivity contribution in [3.05, 3.63) is 50.4 Å². The molecule has 4 saturated carbocycles. The first-order valence-corrected chi connectivity index (χ1v) is 15.6. The average Bonchev–Trinajstić information content (AvgIpc) is 2.92. The van der Waals surface area contributed by atoms with Crippen molar-refractivity contribution in [2.45, 2.75) is 69.2 Å². The number of nitrogens with one attached hydrogen (secondary N) is 1.